The second kappa shape index (κ2) is 7.97. The Morgan fingerprint density at radius 1 is 1.32 bits per heavy atom. The number of likely N-dealkylation sites (tertiary alicyclic amines) is 1. The lowest BCUT2D eigenvalue weighted by molar-refractivity contribution is -0.151. The maximum absolute atomic E-state index is 12.3. The monoisotopic (exact) mass is 303 g/mol. The van der Waals surface area contributed by atoms with Gasteiger partial charge in [0.1, 0.15) is 6.04 Å². The molecule has 1 aliphatic rings. The minimum absolute atomic E-state index is 0.0851. The first-order chi connectivity index (χ1) is 10.7. The minimum Gasteiger partial charge on any atom is -0.467 e. The van der Waals surface area contributed by atoms with Gasteiger partial charge in [0.25, 0.3) is 0 Å². The summed E-state index contributed by atoms with van der Waals surface area (Å²) in [5, 5.41) is 0. The van der Waals surface area contributed by atoms with E-state index in [2.05, 4.69) is 19.1 Å². The summed E-state index contributed by atoms with van der Waals surface area (Å²) < 4.78 is 4.87. The molecular weight excluding hydrogens is 278 g/mol. The lowest BCUT2D eigenvalue weighted by Crippen LogP contribution is -2.46. The third-order valence-corrected chi connectivity index (χ3v) is 4.35. The molecular formula is C18H25NO3. The molecule has 2 unspecified atom stereocenters. The zero-order valence-electron chi connectivity index (χ0n) is 13.5. The fourth-order valence-corrected chi connectivity index (χ4v) is 3.26. The maximum atomic E-state index is 12.3. The Kier molecular flexibility index (Phi) is 5.99. The van der Waals surface area contributed by atoms with Crippen LogP contribution in [0.25, 0.3) is 0 Å². The Labute approximate surface area is 132 Å². The van der Waals surface area contributed by atoms with E-state index in [4.69, 9.17) is 4.74 Å². The zero-order chi connectivity index (χ0) is 15.9. The van der Waals surface area contributed by atoms with E-state index < -0.39 is 6.04 Å². The van der Waals surface area contributed by atoms with Crippen LogP contribution in [0.1, 0.15) is 44.6 Å². The van der Waals surface area contributed by atoms with E-state index in [1.54, 1.807) is 4.90 Å². The van der Waals surface area contributed by atoms with Gasteiger partial charge in [-0.25, -0.2) is 4.79 Å². The van der Waals surface area contributed by atoms with Gasteiger partial charge in [-0.3, -0.25) is 4.79 Å². The van der Waals surface area contributed by atoms with Crippen LogP contribution in [0.15, 0.2) is 30.3 Å². The van der Waals surface area contributed by atoms with Crippen molar-refractivity contribution in [3.63, 3.8) is 0 Å². The molecule has 2 rings (SSSR count). The molecule has 2 atom stereocenters. The summed E-state index contributed by atoms with van der Waals surface area (Å²) in [7, 11) is 1.39. The average molecular weight is 303 g/mol. The van der Waals surface area contributed by atoms with Crippen molar-refractivity contribution in [3.8, 4) is 0 Å². The average Bonchev–Trinajstić information content (AvgIpc) is 2.93. The van der Waals surface area contributed by atoms with Gasteiger partial charge in [-0.15, -0.1) is 0 Å². The fourth-order valence-electron chi connectivity index (χ4n) is 3.26. The fraction of sp³-hybridized carbons (Fsp3) is 0.556. The molecule has 0 radical (unpaired) electrons. The van der Waals surface area contributed by atoms with Crippen molar-refractivity contribution >= 4 is 11.9 Å². The molecule has 4 heteroatoms. The molecule has 1 heterocycles. The predicted molar refractivity (Wildman–Crippen MR) is 85.3 cm³/mol. The van der Waals surface area contributed by atoms with Crippen LogP contribution >= 0.6 is 0 Å². The largest absolute Gasteiger partial charge is 0.467 e. The van der Waals surface area contributed by atoms with Crippen molar-refractivity contribution in [2.24, 2.45) is 0 Å². The van der Waals surface area contributed by atoms with Gasteiger partial charge in [-0.05, 0) is 31.2 Å². The van der Waals surface area contributed by atoms with Gasteiger partial charge >= 0.3 is 5.97 Å². The first-order valence-corrected chi connectivity index (χ1v) is 8.10. The third kappa shape index (κ3) is 3.87. The Bertz CT molecular complexity index is 500. The molecule has 0 saturated carbocycles. The number of hydrogen-bond acceptors (Lipinski definition) is 3. The first-order valence-electron chi connectivity index (χ1n) is 8.10. The van der Waals surface area contributed by atoms with Crippen LogP contribution < -0.4 is 0 Å². The molecule has 0 N–H and O–H groups in total. The minimum atomic E-state index is -0.398. The number of hydrogen-bond donors (Lipinski definition) is 0. The van der Waals surface area contributed by atoms with E-state index in [1.807, 2.05) is 18.2 Å². The van der Waals surface area contributed by atoms with Crippen molar-refractivity contribution < 1.29 is 14.3 Å². The highest BCUT2D eigenvalue weighted by molar-refractivity contribution is 5.88. The lowest BCUT2D eigenvalue weighted by Gasteiger charge is -2.32. The van der Waals surface area contributed by atoms with Crippen molar-refractivity contribution in [2.75, 3.05) is 7.11 Å². The number of carbonyl (C=O) groups is 2. The SMILES string of the molecule is CCCC(CCc1ccccc1)N1C(=O)CCC1C(=O)OC. The molecule has 4 nitrogen and oxygen atoms in total. The van der Waals surface area contributed by atoms with E-state index in [0.29, 0.717) is 12.8 Å². The van der Waals surface area contributed by atoms with E-state index in [-0.39, 0.29) is 17.9 Å². The molecule has 120 valence electrons. The Balaban J connectivity index is 2.08. The standard InChI is InChI=1S/C18H25NO3/c1-3-7-15(11-10-14-8-5-4-6-9-14)19-16(18(21)22-2)12-13-17(19)20/h4-6,8-9,15-16H,3,7,10-13H2,1-2H3. The van der Waals surface area contributed by atoms with E-state index >= 15 is 0 Å². The smallest absolute Gasteiger partial charge is 0.328 e. The topological polar surface area (TPSA) is 46.6 Å². The van der Waals surface area contributed by atoms with Gasteiger partial charge in [0.05, 0.1) is 7.11 Å². The molecule has 0 spiro atoms. The summed E-state index contributed by atoms with van der Waals surface area (Å²) in [5.74, 6) is -0.200. The number of amides is 1. The van der Waals surface area contributed by atoms with Gasteiger partial charge in [0, 0.05) is 12.5 Å². The van der Waals surface area contributed by atoms with Crippen molar-refractivity contribution in [1.29, 1.82) is 0 Å². The summed E-state index contributed by atoms with van der Waals surface area (Å²) in [6, 6.07) is 9.99. The molecule has 0 bridgehead atoms. The van der Waals surface area contributed by atoms with E-state index in [0.717, 1.165) is 25.7 Å². The van der Waals surface area contributed by atoms with Crippen molar-refractivity contribution in [3.05, 3.63) is 35.9 Å². The van der Waals surface area contributed by atoms with Crippen LogP contribution in [-0.2, 0) is 20.7 Å². The number of nitrogens with zero attached hydrogens (tertiary/aromatic N) is 1. The lowest BCUT2D eigenvalue weighted by atomic mass is 9.99. The Hall–Kier alpha value is -1.84. The number of esters is 1. The molecule has 1 saturated heterocycles. The van der Waals surface area contributed by atoms with Crippen LogP contribution in [-0.4, -0.2) is 36.0 Å². The van der Waals surface area contributed by atoms with Crippen LogP contribution in [0.2, 0.25) is 0 Å². The van der Waals surface area contributed by atoms with Crippen LogP contribution in [0.5, 0.6) is 0 Å². The van der Waals surface area contributed by atoms with Gasteiger partial charge in [0.15, 0.2) is 0 Å². The number of aryl methyl sites for hydroxylation is 1. The molecule has 0 aromatic heterocycles. The summed E-state index contributed by atoms with van der Waals surface area (Å²) in [6.07, 6.45) is 4.76. The summed E-state index contributed by atoms with van der Waals surface area (Å²) in [5.41, 5.74) is 1.27. The summed E-state index contributed by atoms with van der Waals surface area (Å²) in [6.45, 7) is 2.11. The molecule has 1 aliphatic heterocycles. The highest BCUT2D eigenvalue weighted by atomic mass is 16.5. The summed E-state index contributed by atoms with van der Waals surface area (Å²) in [4.78, 5) is 26.0. The molecule has 1 fully saturated rings. The number of rotatable bonds is 7. The molecule has 1 amide bonds. The molecule has 0 aliphatic carbocycles. The van der Waals surface area contributed by atoms with Gasteiger partial charge in [-0.1, -0.05) is 43.7 Å². The maximum Gasteiger partial charge on any atom is 0.328 e. The predicted octanol–water partition coefficient (Wildman–Crippen LogP) is 2.95. The molecule has 1 aromatic rings. The number of methoxy groups -OCH3 is 1. The second-order valence-electron chi connectivity index (χ2n) is 5.85. The number of carbonyl (C=O) groups excluding carboxylic acids is 2. The second-order valence-corrected chi connectivity index (χ2v) is 5.85. The van der Waals surface area contributed by atoms with E-state index in [1.165, 1.54) is 12.7 Å². The van der Waals surface area contributed by atoms with Gasteiger partial charge < -0.3 is 9.64 Å². The van der Waals surface area contributed by atoms with Crippen LogP contribution in [0, 0.1) is 0 Å². The molecule has 22 heavy (non-hydrogen) atoms. The first kappa shape index (κ1) is 16.5. The third-order valence-electron chi connectivity index (χ3n) is 4.35. The van der Waals surface area contributed by atoms with Crippen molar-refractivity contribution in [1.82, 2.24) is 4.90 Å². The Morgan fingerprint density at radius 2 is 2.05 bits per heavy atom. The number of benzene rings is 1. The number of ether oxygens (including phenoxy) is 1. The normalized spacial score (nSPS) is 19.3. The van der Waals surface area contributed by atoms with Gasteiger partial charge in [-0.2, -0.15) is 0 Å². The van der Waals surface area contributed by atoms with Crippen LogP contribution in [0.3, 0.4) is 0 Å². The van der Waals surface area contributed by atoms with Gasteiger partial charge in [0.2, 0.25) is 5.91 Å². The van der Waals surface area contributed by atoms with E-state index in [9.17, 15) is 9.59 Å². The summed E-state index contributed by atoms with van der Waals surface area (Å²) >= 11 is 0. The van der Waals surface area contributed by atoms with Crippen molar-refractivity contribution in [2.45, 2.75) is 57.5 Å². The zero-order valence-corrected chi connectivity index (χ0v) is 13.5. The molecule has 1 aromatic carbocycles. The van der Waals surface area contributed by atoms with Crippen LogP contribution in [0.4, 0.5) is 0 Å². The highest BCUT2D eigenvalue weighted by Gasteiger charge is 2.40. The quantitative estimate of drug-likeness (QED) is 0.728. The Morgan fingerprint density at radius 3 is 2.68 bits per heavy atom. The highest BCUT2D eigenvalue weighted by Crippen LogP contribution is 2.27.